The van der Waals surface area contributed by atoms with Gasteiger partial charge in [-0.1, -0.05) is 0 Å². The second kappa shape index (κ2) is 5.71. The minimum Gasteiger partial charge on any atom is -0.399 e. The Morgan fingerprint density at radius 3 is 2.80 bits per heavy atom. The molecule has 110 valence electrons. The Labute approximate surface area is 126 Å². The maximum Gasteiger partial charge on any atom is 0.242 e. The number of nitrogens with two attached hydrogens (primary N) is 1. The van der Waals surface area contributed by atoms with E-state index in [1.807, 2.05) is 0 Å². The van der Waals surface area contributed by atoms with Crippen molar-refractivity contribution in [3.8, 4) is 0 Å². The van der Waals surface area contributed by atoms with Crippen LogP contribution in [0.25, 0.3) is 0 Å². The number of sulfonamides is 1. The monoisotopic (exact) mass is 361 g/mol. The molecule has 3 N–H and O–H groups in total. The van der Waals surface area contributed by atoms with Crippen molar-refractivity contribution in [1.29, 1.82) is 0 Å². The first kappa shape index (κ1) is 15.3. The summed E-state index contributed by atoms with van der Waals surface area (Å²) in [7, 11) is -2.00. The van der Waals surface area contributed by atoms with E-state index in [1.54, 1.807) is 19.2 Å². The molecule has 1 atom stereocenters. The summed E-state index contributed by atoms with van der Waals surface area (Å²) in [6.45, 7) is 0.373. The number of rotatable bonds is 3. The van der Waals surface area contributed by atoms with Crippen molar-refractivity contribution in [3.05, 3.63) is 22.7 Å². The SMILES string of the molecule is CN1CC(NS(=O)(=O)c2cc(N)ccc2Br)CCC1=O. The number of hydrogen-bond donors (Lipinski definition) is 2. The minimum atomic E-state index is -3.67. The molecule has 0 bridgehead atoms. The molecule has 0 spiro atoms. The van der Waals surface area contributed by atoms with E-state index in [9.17, 15) is 13.2 Å². The Balaban J connectivity index is 2.19. The predicted octanol–water partition coefficient (Wildman–Crippen LogP) is 0.930. The second-order valence-electron chi connectivity index (χ2n) is 4.82. The zero-order chi connectivity index (χ0) is 14.9. The van der Waals surface area contributed by atoms with Gasteiger partial charge in [-0.25, -0.2) is 13.1 Å². The number of hydrogen-bond acceptors (Lipinski definition) is 4. The van der Waals surface area contributed by atoms with Crippen LogP contribution in [0.2, 0.25) is 0 Å². The van der Waals surface area contributed by atoms with Gasteiger partial charge in [-0.3, -0.25) is 4.79 Å². The van der Waals surface area contributed by atoms with Gasteiger partial charge in [-0.15, -0.1) is 0 Å². The number of nitrogens with one attached hydrogen (secondary N) is 1. The molecule has 20 heavy (non-hydrogen) atoms. The number of halogens is 1. The molecule has 0 aromatic heterocycles. The Bertz CT molecular complexity index is 633. The van der Waals surface area contributed by atoms with E-state index in [0.717, 1.165) is 0 Å². The van der Waals surface area contributed by atoms with Gasteiger partial charge in [0.2, 0.25) is 15.9 Å². The van der Waals surface area contributed by atoms with Crippen LogP contribution in [0.5, 0.6) is 0 Å². The number of amides is 1. The van der Waals surface area contributed by atoms with Gasteiger partial charge in [-0.05, 0) is 40.5 Å². The van der Waals surface area contributed by atoms with E-state index in [2.05, 4.69) is 20.7 Å². The fourth-order valence-corrected chi connectivity index (χ4v) is 4.38. The lowest BCUT2D eigenvalue weighted by atomic mass is 10.1. The zero-order valence-electron chi connectivity index (χ0n) is 11.0. The van der Waals surface area contributed by atoms with E-state index in [4.69, 9.17) is 5.73 Å². The van der Waals surface area contributed by atoms with Crippen molar-refractivity contribution in [2.75, 3.05) is 19.3 Å². The number of nitrogens with zero attached hydrogens (tertiary/aromatic N) is 1. The Kier molecular flexibility index (Phi) is 4.36. The van der Waals surface area contributed by atoms with Crippen LogP contribution in [0, 0.1) is 0 Å². The molecule has 0 saturated carbocycles. The van der Waals surface area contributed by atoms with E-state index < -0.39 is 10.0 Å². The van der Waals surface area contributed by atoms with Gasteiger partial charge in [0, 0.05) is 36.2 Å². The maximum absolute atomic E-state index is 12.4. The summed E-state index contributed by atoms with van der Waals surface area (Å²) in [5.74, 6) is 0.0329. The van der Waals surface area contributed by atoms with Gasteiger partial charge in [0.25, 0.3) is 0 Å². The summed E-state index contributed by atoms with van der Waals surface area (Å²) >= 11 is 3.21. The Morgan fingerprint density at radius 1 is 1.45 bits per heavy atom. The lowest BCUT2D eigenvalue weighted by Crippen LogP contribution is -2.48. The number of nitrogen functional groups attached to an aromatic ring is 1. The smallest absolute Gasteiger partial charge is 0.242 e. The number of carbonyl (C=O) groups is 1. The predicted molar refractivity (Wildman–Crippen MR) is 79.5 cm³/mol. The second-order valence-corrected chi connectivity index (χ2v) is 7.36. The molecule has 1 unspecified atom stereocenters. The molecule has 0 aliphatic carbocycles. The number of carbonyl (C=O) groups excluding carboxylic acids is 1. The molecule has 1 heterocycles. The first-order valence-corrected chi connectivity index (χ1v) is 8.38. The summed E-state index contributed by atoms with van der Waals surface area (Å²) in [6.07, 6.45) is 0.851. The van der Waals surface area contributed by atoms with Crippen LogP contribution in [0.15, 0.2) is 27.6 Å². The van der Waals surface area contributed by atoms with Gasteiger partial charge in [-0.2, -0.15) is 0 Å². The highest BCUT2D eigenvalue weighted by Gasteiger charge is 2.28. The summed E-state index contributed by atoms with van der Waals surface area (Å²) in [4.78, 5) is 13.0. The molecule has 1 amide bonds. The van der Waals surface area contributed by atoms with Crippen molar-refractivity contribution in [3.63, 3.8) is 0 Å². The lowest BCUT2D eigenvalue weighted by Gasteiger charge is -2.30. The highest BCUT2D eigenvalue weighted by molar-refractivity contribution is 9.10. The molecule has 1 saturated heterocycles. The maximum atomic E-state index is 12.4. The van der Waals surface area contributed by atoms with Crippen molar-refractivity contribution in [1.82, 2.24) is 9.62 Å². The largest absolute Gasteiger partial charge is 0.399 e. The molecule has 1 aliphatic rings. The fourth-order valence-electron chi connectivity index (χ4n) is 2.12. The third kappa shape index (κ3) is 3.31. The van der Waals surface area contributed by atoms with Crippen LogP contribution in [-0.2, 0) is 14.8 Å². The van der Waals surface area contributed by atoms with Gasteiger partial charge >= 0.3 is 0 Å². The number of piperidine rings is 1. The molecule has 6 nitrogen and oxygen atoms in total. The number of likely N-dealkylation sites (tertiary alicyclic amines) is 1. The van der Waals surface area contributed by atoms with Gasteiger partial charge in [0.15, 0.2) is 0 Å². The van der Waals surface area contributed by atoms with Crippen molar-refractivity contribution in [2.45, 2.75) is 23.8 Å². The first-order valence-electron chi connectivity index (χ1n) is 6.11. The van der Waals surface area contributed by atoms with E-state index in [0.29, 0.717) is 29.5 Å². The van der Waals surface area contributed by atoms with Gasteiger partial charge in [0.05, 0.1) is 4.90 Å². The number of benzene rings is 1. The summed E-state index contributed by atoms with van der Waals surface area (Å²) in [6, 6.07) is 4.34. The Hall–Kier alpha value is -1.12. The molecule has 1 aromatic carbocycles. The molecular formula is C12H16BrN3O3S. The summed E-state index contributed by atoms with van der Waals surface area (Å²) in [5, 5.41) is 0. The number of likely N-dealkylation sites (N-methyl/N-ethyl adjacent to an activating group) is 1. The standard InChI is InChI=1S/C12H16BrN3O3S/c1-16-7-9(3-5-12(16)17)15-20(18,19)11-6-8(14)2-4-10(11)13/h2,4,6,9,15H,3,5,7,14H2,1H3. The molecular weight excluding hydrogens is 346 g/mol. The highest BCUT2D eigenvalue weighted by Crippen LogP contribution is 2.25. The van der Waals surface area contributed by atoms with Crippen LogP contribution < -0.4 is 10.5 Å². The van der Waals surface area contributed by atoms with Crippen LogP contribution in [-0.4, -0.2) is 38.9 Å². The molecule has 1 aliphatic heterocycles. The summed E-state index contributed by atoms with van der Waals surface area (Å²) in [5.41, 5.74) is 6.01. The molecule has 1 fully saturated rings. The highest BCUT2D eigenvalue weighted by atomic mass is 79.9. The first-order chi connectivity index (χ1) is 9.29. The average Bonchev–Trinajstić information content (AvgIpc) is 2.36. The van der Waals surface area contributed by atoms with Crippen molar-refractivity contribution < 1.29 is 13.2 Å². The average molecular weight is 362 g/mol. The summed E-state index contributed by atoms with van der Waals surface area (Å²) < 4.78 is 27.8. The zero-order valence-corrected chi connectivity index (χ0v) is 13.4. The van der Waals surface area contributed by atoms with Crippen LogP contribution in [0.1, 0.15) is 12.8 Å². The molecule has 0 radical (unpaired) electrons. The quantitative estimate of drug-likeness (QED) is 0.783. The van der Waals surface area contributed by atoms with Gasteiger partial charge in [0.1, 0.15) is 0 Å². The third-order valence-corrected chi connectivity index (χ3v) is 5.71. The van der Waals surface area contributed by atoms with E-state index in [1.165, 1.54) is 11.0 Å². The van der Waals surface area contributed by atoms with E-state index >= 15 is 0 Å². The fraction of sp³-hybridized carbons (Fsp3) is 0.417. The Morgan fingerprint density at radius 2 is 2.15 bits per heavy atom. The minimum absolute atomic E-state index is 0.0329. The van der Waals surface area contributed by atoms with Crippen molar-refractivity contribution in [2.24, 2.45) is 0 Å². The van der Waals surface area contributed by atoms with Crippen LogP contribution in [0.4, 0.5) is 5.69 Å². The van der Waals surface area contributed by atoms with Crippen LogP contribution in [0.3, 0.4) is 0 Å². The normalized spacial score (nSPS) is 20.2. The van der Waals surface area contributed by atoms with E-state index in [-0.39, 0.29) is 16.8 Å². The topological polar surface area (TPSA) is 92.5 Å². The molecule has 2 rings (SSSR count). The molecule has 1 aromatic rings. The van der Waals surface area contributed by atoms with Crippen molar-refractivity contribution >= 4 is 37.5 Å². The van der Waals surface area contributed by atoms with Gasteiger partial charge < -0.3 is 10.6 Å². The van der Waals surface area contributed by atoms with Crippen LogP contribution >= 0.6 is 15.9 Å². The molecule has 8 heteroatoms. The number of anilines is 1. The third-order valence-electron chi connectivity index (χ3n) is 3.19. The lowest BCUT2D eigenvalue weighted by molar-refractivity contribution is -0.132.